The molecule has 0 spiro atoms. The van der Waals surface area contributed by atoms with Crippen LogP contribution in [0, 0.1) is 11.8 Å². The Balaban J connectivity index is 2.23. The van der Waals surface area contributed by atoms with Crippen molar-refractivity contribution in [2.75, 3.05) is 6.54 Å². The maximum absolute atomic E-state index is 4.61. The highest BCUT2D eigenvalue weighted by atomic mass is 15.3. The molecular formula is C14H17N3. The summed E-state index contributed by atoms with van der Waals surface area (Å²) < 4.78 is 2.04. The highest BCUT2D eigenvalue weighted by Crippen LogP contribution is 2.17. The van der Waals surface area contributed by atoms with Crippen LogP contribution in [0.4, 0.5) is 0 Å². The first-order valence-electron chi connectivity index (χ1n) is 5.91. The van der Waals surface area contributed by atoms with Crippen LogP contribution in [0.2, 0.25) is 0 Å². The van der Waals surface area contributed by atoms with Gasteiger partial charge >= 0.3 is 0 Å². The fraction of sp³-hybridized carbons (Fsp3) is 0.357. The molecular weight excluding hydrogens is 210 g/mol. The average molecular weight is 227 g/mol. The molecule has 0 radical (unpaired) electrons. The molecule has 88 valence electrons. The number of hydrogen-bond acceptors (Lipinski definition) is 2. The van der Waals surface area contributed by atoms with Gasteiger partial charge in [0.05, 0.1) is 17.8 Å². The minimum absolute atomic E-state index is 0.712. The molecule has 0 amide bonds. The Labute approximate surface area is 102 Å². The van der Waals surface area contributed by atoms with Crippen LogP contribution >= 0.6 is 0 Å². The number of aryl methyl sites for hydroxylation is 1. The molecule has 0 bridgehead atoms. The van der Waals surface area contributed by atoms with E-state index in [0.717, 1.165) is 18.8 Å². The van der Waals surface area contributed by atoms with E-state index in [-0.39, 0.29) is 0 Å². The van der Waals surface area contributed by atoms with Gasteiger partial charge in [-0.1, -0.05) is 24.1 Å². The molecule has 0 saturated carbocycles. The topological polar surface area (TPSA) is 29.9 Å². The van der Waals surface area contributed by atoms with Crippen molar-refractivity contribution in [2.24, 2.45) is 0 Å². The summed E-state index contributed by atoms with van der Waals surface area (Å²) in [5.41, 5.74) is 2.30. The van der Waals surface area contributed by atoms with Gasteiger partial charge < -0.3 is 5.32 Å². The normalized spacial score (nSPS) is 10.2. The molecule has 17 heavy (non-hydrogen) atoms. The van der Waals surface area contributed by atoms with Crippen LogP contribution < -0.4 is 5.32 Å². The van der Waals surface area contributed by atoms with Crippen LogP contribution in [0.25, 0.3) is 10.9 Å². The van der Waals surface area contributed by atoms with E-state index in [0.29, 0.717) is 6.54 Å². The molecule has 3 heteroatoms. The average Bonchev–Trinajstić information content (AvgIpc) is 2.73. The SMILES string of the molecule is CC#CCNCc1nn(CC)c2ccccc12. The van der Waals surface area contributed by atoms with Crippen molar-refractivity contribution in [3.8, 4) is 11.8 Å². The van der Waals surface area contributed by atoms with Gasteiger partial charge in [0, 0.05) is 18.5 Å². The van der Waals surface area contributed by atoms with Crippen molar-refractivity contribution in [3.05, 3.63) is 30.0 Å². The van der Waals surface area contributed by atoms with E-state index in [1.165, 1.54) is 10.9 Å². The lowest BCUT2D eigenvalue weighted by Gasteiger charge is -1.97. The number of aromatic nitrogens is 2. The van der Waals surface area contributed by atoms with Crippen molar-refractivity contribution in [2.45, 2.75) is 26.9 Å². The Morgan fingerprint density at radius 3 is 2.94 bits per heavy atom. The summed E-state index contributed by atoms with van der Waals surface area (Å²) in [6.45, 7) is 6.34. The van der Waals surface area contributed by atoms with Crippen molar-refractivity contribution >= 4 is 10.9 Å². The first kappa shape index (κ1) is 11.7. The Hall–Kier alpha value is -1.79. The molecule has 0 saturated heterocycles. The van der Waals surface area contributed by atoms with Gasteiger partial charge in [-0.15, -0.1) is 5.92 Å². The second-order valence-corrected chi connectivity index (χ2v) is 3.81. The molecule has 0 aliphatic rings. The first-order valence-corrected chi connectivity index (χ1v) is 5.91. The highest BCUT2D eigenvalue weighted by Gasteiger charge is 2.07. The Kier molecular flexibility index (Phi) is 3.79. The summed E-state index contributed by atoms with van der Waals surface area (Å²) in [6.07, 6.45) is 0. The van der Waals surface area contributed by atoms with E-state index < -0.39 is 0 Å². The van der Waals surface area contributed by atoms with E-state index in [1.807, 2.05) is 11.6 Å². The third kappa shape index (κ3) is 2.48. The fourth-order valence-electron chi connectivity index (χ4n) is 1.90. The summed E-state index contributed by atoms with van der Waals surface area (Å²) in [4.78, 5) is 0. The van der Waals surface area contributed by atoms with Gasteiger partial charge in [0.15, 0.2) is 0 Å². The zero-order valence-corrected chi connectivity index (χ0v) is 10.3. The van der Waals surface area contributed by atoms with Gasteiger partial charge in [0.1, 0.15) is 0 Å². The Bertz CT molecular complexity index is 558. The van der Waals surface area contributed by atoms with E-state index in [4.69, 9.17) is 0 Å². The highest BCUT2D eigenvalue weighted by molar-refractivity contribution is 5.81. The minimum Gasteiger partial charge on any atom is -0.300 e. The molecule has 1 aromatic heterocycles. The zero-order valence-electron chi connectivity index (χ0n) is 10.3. The number of hydrogen-bond donors (Lipinski definition) is 1. The predicted octanol–water partition coefficient (Wildman–Crippen LogP) is 2.17. The summed E-state index contributed by atoms with van der Waals surface area (Å²) in [5.74, 6) is 5.86. The van der Waals surface area contributed by atoms with Crippen molar-refractivity contribution in [3.63, 3.8) is 0 Å². The van der Waals surface area contributed by atoms with Crippen molar-refractivity contribution < 1.29 is 0 Å². The number of benzene rings is 1. The predicted molar refractivity (Wildman–Crippen MR) is 70.6 cm³/mol. The lowest BCUT2D eigenvalue weighted by Crippen LogP contribution is -2.14. The standard InChI is InChI=1S/C14H17N3/c1-3-5-10-15-11-13-12-8-6-7-9-14(12)17(4-2)16-13/h6-9,15H,4,10-11H2,1-2H3. The lowest BCUT2D eigenvalue weighted by molar-refractivity contribution is 0.650. The second kappa shape index (κ2) is 5.51. The van der Waals surface area contributed by atoms with Crippen LogP contribution in [0.3, 0.4) is 0 Å². The number of rotatable bonds is 4. The van der Waals surface area contributed by atoms with E-state index >= 15 is 0 Å². The van der Waals surface area contributed by atoms with Crippen molar-refractivity contribution in [1.29, 1.82) is 0 Å². The number of para-hydroxylation sites is 1. The zero-order chi connectivity index (χ0) is 12.1. The van der Waals surface area contributed by atoms with Crippen LogP contribution in [-0.2, 0) is 13.1 Å². The molecule has 0 fully saturated rings. The smallest absolute Gasteiger partial charge is 0.0841 e. The van der Waals surface area contributed by atoms with Gasteiger partial charge in [-0.25, -0.2) is 0 Å². The monoisotopic (exact) mass is 227 g/mol. The van der Waals surface area contributed by atoms with Crippen LogP contribution in [0.15, 0.2) is 24.3 Å². The largest absolute Gasteiger partial charge is 0.300 e. The molecule has 2 aromatic rings. The molecule has 0 atom stereocenters. The lowest BCUT2D eigenvalue weighted by atomic mass is 10.2. The summed E-state index contributed by atoms with van der Waals surface area (Å²) in [7, 11) is 0. The van der Waals surface area contributed by atoms with Crippen LogP contribution in [0.1, 0.15) is 19.5 Å². The van der Waals surface area contributed by atoms with Gasteiger partial charge in [-0.3, -0.25) is 4.68 Å². The van der Waals surface area contributed by atoms with Gasteiger partial charge in [0.2, 0.25) is 0 Å². The number of fused-ring (bicyclic) bond motifs is 1. The minimum atomic E-state index is 0.712. The molecule has 1 heterocycles. The van der Waals surface area contributed by atoms with E-state index in [2.05, 4.69) is 53.4 Å². The third-order valence-electron chi connectivity index (χ3n) is 2.72. The number of nitrogens with one attached hydrogen (secondary N) is 1. The molecule has 2 rings (SSSR count). The molecule has 3 nitrogen and oxygen atoms in total. The fourth-order valence-corrected chi connectivity index (χ4v) is 1.90. The van der Waals surface area contributed by atoms with Crippen LogP contribution in [0.5, 0.6) is 0 Å². The summed E-state index contributed by atoms with van der Waals surface area (Å²) >= 11 is 0. The molecule has 0 aliphatic carbocycles. The van der Waals surface area contributed by atoms with Gasteiger partial charge in [-0.05, 0) is 19.9 Å². The molecule has 0 unspecified atom stereocenters. The Morgan fingerprint density at radius 2 is 2.18 bits per heavy atom. The van der Waals surface area contributed by atoms with Gasteiger partial charge in [-0.2, -0.15) is 5.10 Å². The summed E-state index contributed by atoms with van der Waals surface area (Å²) in [6, 6.07) is 8.34. The maximum Gasteiger partial charge on any atom is 0.0841 e. The molecule has 1 N–H and O–H groups in total. The molecule has 0 aliphatic heterocycles. The first-order chi connectivity index (χ1) is 8.36. The maximum atomic E-state index is 4.61. The molecule has 1 aromatic carbocycles. The second-order valence-electron chi connectivity index (χ2n) is 3.81. The van der Waals surface area contributed by atoms with Crippen LogP contribution in [-0.4, -0.2) is 16.3 Å². The quantitative estimate of drug-likeness (QED) is 0.641. The third-order valence-corrected chi connectivity index (χ3v) is 2.72. The Morgan fingerprint density at radius 1 is 1.35 bits per heavy atom. The van der Waals surface area contributed by atoms with Crippen molar-refractivity contribution in [1.82, 2.24) is 15.1 Å². The van der Waals surface area contributed by atoms with E-state index in [1.54, 1.807) is 0 Å². The van der Waals surface area contributed by atoms with Gasteiger partial charge in [0.25, 0.3) is 0 Å². The van der Waals surface area contributed by atoms with E-state index in [9.17, 15) is 0 Å². The number of nitrogens with zero attached hydrogens (tertiary/aromatic N) is 2. The summed E-state index contributed by atoms with van der Waals surface area (Å²) in [5, 5.41) is 9.12.